The first-order valence-electron chi connectivity index (χ1n) is 4.14. The summed E-state index contributed by atoms with van der Waals surface area (Å²) in [5.74, 6) is 0.737. The highest BCUT2D eigenvalue weighted by Gasteiger charge is 2.09. The molecule has 1 rings (SSSR count). The van der Waals surface area contributed by atoms with E-state index in [2.05, 4.69) is 5.10 Å². The minimum Gasteiger partial charge on any atom is -0.288 e. The van der Waals surface area contributed by atoms with Crippen LogP contribution in [0.1, 0.15) is 23.9 Å². The largest absolute Gasteiger partial charge is 0.288 e. The fraction of sp³-hybridized carbons (Fsp3) is 0.556. The Morgan fingerprint density at radius 2 is 2.15 bits per heavy atom. The molecule has 13 heavy (non-hydrogen) atoms. The number of aryl methyl sites for hydroxylation is 2. The molecule has 0 aliphatic heterocycles. The zero-order chi connectivity index (χ0) is 10.0. The first-order valence-corrected chi connectivity index (χ1v) is 5.13. The van der Waals surface area contributed by atoms with E-state index >= 15 is 0 Å². The van der Waals surface area contributed by atoms with E-state index in [-0.39, 0.29) is 5.12 Å². The number of hydrogen-bond acceptors (Lipinski definition) is 3. The van der Waals surface area contributed by atoms with E-state index in [0.29, 0.717) is 0 Å². The topological polar surface area (TPSA) is 34.9 Å². The van der Waals surface area contributed by atoms with Crippen molar-refractivity contribution >= 4 is 16.9 Å². The molecule has 72 valence electrons. The SMILES string of the molecule is CC(=O)SCc1c(C)nn(C)c1C. The van der Waals surface area contributed by atoms with Gasteiger partial charge < -0.3 is 0 Å². The summed E-state index contributed by atoms with van der Waals surface area (Å²) >= 11 is 1.33. The molecular formula is C9H14N2OS. The lowest BCUT2D eigenvalue weighted by Crippen LogP contribution is -1.94. The highest BCUT2D eigenvalue weighted by Crippen LogP contribution is 2.19. The van der Waals surface area contributed by atoms with Crippen molar-refractivity contribution in [2.45, 2.75) is 26.5 Å². The van der Waals surface area contributed by atoms with Crippen LogP contribution in [0.4, 0.5) is 0 Å². The Hall–Kier alpha value is -0.770. The first-order chi connectivity index (χ1) is 6.02. The maximum absolute atomic E-state index is 10.8. The molecule has 0 unspecified atom stereocenters. The van der Waals surface area contributed by atoms with Gasteiger partial charge in [0.15, 0.2) is 5.12 Å². The lowest BCUT2D eigenvalue weighted by molar-refractivity contribution is -0.109. The molecule has 0 aliphatic carbocycles. The molecule has 0 fully saturated rings. The van der Waals surface area contributed by atoms with Gasteiger partial charge in [0.05, 0.1) is 5.69 Å². The molecule has 0 atom stereocenters. The first kappa shape index (κ1) is 10.3. The van der Waals surface area contributed by atoms with Crippen LogP contribution in [0, 0.1) is 13.8 Å². The Morgan fingerprint density at radius 1 is 1.54 bits per heavy atom. The summed E-state index contributed by atoms with van der Waals surface area (Å²) in [5.41, 5.74) is 3.35. The van der Waals surface area contributed by atoms with Crippen LogP contribution in [0.15, 0.2) is 0 Å². The summed E-state index contributed by atoms with van der Waals surface area (Å²) in [6.45, 7) is 5.59. The number of carbonyl (C=O) groups is 1. The Bertz CT molecular complexity index is 331. The van der Waals surface area contributed by atoms with Gasteiger partial charge in [-0.15, -0.1) is 0 Å². The third-order valence-electron chi connectivity index (χ3n) is 2.08. The van der Waals surface area contributed by atoms with Crippen molar-refractivity contribution in [3.05, 3.63) is 17.0 Å². The Balaban J connectivity index is 2.81. The van der Waals surface area contributed by atoms with Crippen LogP contribution in [0.25, 0.3) is 0 Å². The number of thioether (sulfide) groups is 1. The zero-order valence-corrected chi connectivity index (χ0v) is 9.23. The van der Waals surface area contributed by atoms with Gasteiger partial charge in [-0.2, -0.15) is 5.10 Å². The highest BCUT2D eigenvalue weighted by molar-refractivity contribution is 8.12. The maximum Gasteiger partial charge on any atom is 0.186 e. The summed E-state index contributed by atoms with van der Waals surface area (Å²) < 4.78 is 1.85. The predicted molar refractivity (Wildman–Crippen MR) is 54.7 cm³/mol. The molecule has 3 nitrogen and oxygen atoms in total. The van der Waals surface area contributed by atoms with E-state index in [0.717, 1.165) is 17.1 Å². The van der Waals surface area contributed by atoms with E-state index in [1.54, 1.807) is 6.92 Å². The quantitative estimate of drug-likeness (QED) is 0.727. The van der Waals surface area contributed by atoms with Crippen molar-refractivity contribution < 1.29 is 4.79 Å². The van der Waals surface area contributed by atoms with Gasteiger partial charge in [0.1, 0.15) is 0 Å². The summed E-state index contributed by atoms with van der Waals surface area (Å²) in [6, 6.07) is 0. The molecule has 0 spiro atoms. The van der Waals surface area contributed by atoms with Crippen molar-refractivity contribution in [3.63, 3.8) is 0 Å². The molecule has 1 heterocycles. The van der Waals surface area contributed by atoms with E-state index < -0.39 is 0 Å². The van der Waals surface area contributed by atoms with Crippen molar-refractivity contribution in [3.8, 4) is 0 Å². The van der Waals surface area contributed by atoms with Gasteiger partial charge in [-0.25, -0.2) is 0 Å². The molecule has 0 N–H and O–H groups in total. The molecule has 1 aromatic heterocycles. The number of nitrogens with zero attached hydrogens (tertiary/aromatic N) is 2. The predicted octanol–water partition coefficient (Wildman–Crippen LogP) is 1.82. The summed E-state index contributed by atoms with van der Waals surface area (Å²) in [5, 5.41) is 4.44. The van der Waals surface area contributed by atoms with Crippen LogP contribution in [-0.2, 0) is 17.6 Å². The standard InChI is InChI=1S/C9H14N2OS/c1-6-9(5-13-8(3)12)7(2)11(4)10-6/h5H2,1-4H3. The van der Waals surface area contributed by atoms with Crippen molar-refractivity contribution in [1.29, 1.82) is 0 Å². The van der Waals surface area contributed by atoms with Crippen LogP contribution >= 0.6 is 11.8 Å². The van der Waals surface area contributed by atoms with Crippen molar-refractivity contribution in [2.75, 3.05) is 0 Å². The smallest absolute Gasteiger partial charge is 0.186 e. The van der Waals surface area contributed by atoms with E-state index in [9.17, 15) is 4.79 Å². The average Bonchev–Trinajstić information content (AvgIpc) is 2.24. The van der Waals surface area contributed by atoms with E-state index in [1.807, 2.05) is 25.6 Å². The molecule has 0 amide bonds. The van der Waals surface area contributed by atoms with Gasteiger partial charge in [0, 0.05) is 31.0 Å². The van der Waals surface area contributed by atoms with Crippen LogP contribution in [0.2, 0.25) is 0 Å². The second-order valence-electron chi connectivity index (χ2n) is 3.05. The molecule has 0 saturated carbocycles. The second-order valence-corrected chi connectivity index (χ2v) is 4.21. The van der Waals surface area contributed by atoms with Crippen LogP contribution < -0.4 is 0 Å². The molecular weight excluding hydrogens is 184 g/mol. The Labute approximate surface area is 82.5 Å². The second kappa shape index (κ2) is 3.96. The van der Waals surface area contributed by atoms with E-state index in [4.69, 9.17) is 0 Å². The normalized spacial score (nSPS) is 10.5. The van der Waals surface area contributed by atoms with Gasteiger partial charge in [-0.3, -0.25) is 9.48 Å². The number of aromatic nitrogens is 2. The zero-order valence-electron chi connectivity index (χ0n) is 8.42. The fourth-order valence-corrected chi connectivity index (χ4v) is 1.97. The lowest BCUT2D eigenvalue weighted by atomic mass is 10.2. The van der Waals surface area contributed by atoms with Gasteiger partial charge in [0.2, 0.25) is 0 Å². The molecule has 0 radical (unpaired) electrons. The van der Waals surface area contributed by atoms with Crippen LogP contribution in [-0.4, -0.2) is 14.9 Å². The molecule has 0 aromatic carbocycles. The van der Waals surface area contributed by atoms with Gasteiger partial charge in [0.25, 0.3) is 0 Å². The molecule has 0 bridgehead atoms. The summed E-state index contributed by atoms with van der Waals surface area (Å²) in [6.07, 6.45) is 0. The lowest BCUT2D eigenvalue weighted by Gasteiger charge is -1.98. The molecule has 0 aliphatic rings. The van der Waals surface area contributed by atoms with Gasteiger partial charge in [-0.05, 0) is 13.8 Å². The molecule has 0 saturated heterocycles. The third-order valence-corrected chi connectivity index (χ3v) is 2.92. The average molecular weight is 198 g/mol. The third kappa shape index (κ3) is 2.34. The van der Waals surface area contributed by atoms with Crippen molar-refractivity contribution in [2.24, 2.45) is 7.05 Å². The Kier molecular flexibility index (Phi) is 3.14. The molecule has 1 aromatic rings. The number of carbonyl (C=O) groups excluding carboxylic acids is 1. The maximum atomic E-state index is 10.8. The summed E-state index contributed by atoms with van der Waals surface area (Å²) in [7, 11) is 1.92. The molecule has 4 heteroatoms. The highest BCUT2D eigenvalue weighted by atomic mass is 32.2. The minimum atomic E-state index is 0.155. The van der Waals surface area contributed by atoms with Crippen LogP contribution in [0.3, 0.4) is 0 Å². The Morgan fingerprint density at radius 3 is 2.54 bits per heavy atom. The number of rotatable bonds is 2. The number of hydrogen-bond donors (Lipinski definition) is 0. The van der Waals surface area contributed by atoms with Gasteiger partial charge >= 0.3 is 0 Å². The van der Waals surface area contributed by atoms with Crippen molar-refractivity contribution in [1.82, 2.24) is 9.78 Å². The summed E-state index contributed by atoms with van der Waals surface area (Å²) in [4.78, 5) is 10.8. The monoisotopic (exact) mass is 198 g/mol. The fourth-order valence-electron chi connectivity index (χ4n) is 1.20. The van der Waals surface area contributed by atoms with Crippen LogP contribution in [0.5, 0.6) is 0 Å². The minimum absolute atomic E-state index is 0.155. The van der Waals surface area contributed by atoms with Gasteiger partial charge in [-0.1, -0.05) is 11.8 Å². The van der Waals surface area contributed by atoms with E-state index in [1.165, 1.54) is 17.3 Å².